The van der Waals surface area contributed by atoms with Crippen molar-refractivity contribution in [3.8, 4) is 11.5 Å². The van der Waals surface area contributed by atoms with Crippen molar-refractivity contribution in [2.75, 3.05) is 31.6 Å². The summed E-state index contributed by atoms with van der Waals surface area (Å²) < 4.78 is 53.2. The lowest BCUT2D eigenvalue weighted by atomic mass is 10.1. The van der Waals surface area contributed by atoms with Crippen molar-refractivity contribution >= 4 is 50.7 Å². The first-order chi connectivity index (χ1) is 20.0. The van der Waals surface area contributed by atoms with Gasteiger partial charge in [-0.15, -0.1) is 0 Å². The summed E-state index contributed by atoms with van der Waals surface area (Å²) in [5.41, 5.74) is 0.425. The highest BCUT2D eigenvalue weighted by Crippen LogP contribution is 2.33. The minimum atomic E-state index is -4.43. The van der Waals surface area contributed by atoms with Crippen molar-refractivity contribution < 1.29 is 31.9 Å². The molecule has 9 nitrogen and oxygen atoms in total. The standard InChI is InChI=1S/C29H32Cl2FN3O6S/c1-5-25(29(37)33-6-2)34(17-22-23(30)8-7-9-24(22)31)28(36)18-35(20-12-10-19(32)11-13-20)42(38,39)21-14-15-26(40-3)27(16-21)41-4/h7-16,25H,5-6,17-18H2,1-4H3,(H,33,37)/t25-/m1/s1. The molecule has 0 saturated heterocycles. The van der Waals surface area contributed by atoms with E-state index in [2.05, 4.69) is 5.32 Å². The Morgan fingerprint density at radius 1 is 0.952 bits per heavy atom. The number of likely N-dealkylation sites (N-methyl/N-ethyl adjacent to an activating group) is 1. The second kappa shape index (κ2) is 14.6. The van der Waals surface area contributed by atoms with Crippen LogP contribution in [-0.2, 0) is 26.2 Å². The van der Waals surface area contributed by atoms with E-state index >= 15 is 0 Å². The summed E-state index contributed by atoms with van der Waals surface area (Å²) in [6.45, 7) is 2.90. The van der Waals surface area contributed by atoms with E-state index in [1.54, 1.807) is 32.0 Å². The van der Waals surface area contributed by atoms with E-state index < -0.39 is 40.2 Å². The predicted octanol–water partition coefficient (Wildman–Crippen LogP) is 5.29. The van der Waals surface area contributed by atoms with Crippen molar-refractivity contribution in [2.24, 2.45) is 0 Å². The van der Waals surface area contributed by atoms with E-state index in [4.69, 9.17) is 32.7 Å². The zero-order valence-corrected chi connectivity index (χ0v) is 25.9. The highest BCUT2D eigenvalue weighted by molar-refractivity contribution is 7.92. The summed E-state index contributed by atoms with van der Waals surface area (Å²) in [5, 5.41) is 3.27. The predicted molar refractivity (Wildman–Crippen MR) is 160 cm³/mol. The molecular weight excluding hydrogens is 608 g/mol. The molecule has 0 bridgehead atoms. The first-order valence-corrected chi connectivity index (χ1v) is 15.2. The molecule has 0 unspecified atom stereocenters. The SMILES string of the molecule is CCNC(=O)[C@@H](CC)N(Cc1c(Cl)cccc1Cl)C(=O)CN(c1ccc(F)cc1)S(=O)(=O)c1ccc(OC)c(OC)c1. The fourth-order valence-electron chi connectivity index (χ4n) is 4.31. The van der Waals surface area contributed by atoms with Crippen molar-refractivity contribution in [1.29, 1.82) is 0 Å². The number of carbonyl (C=O) groups is 2. The van der Waals surface area contributed by atoms with Crippen molar-refractivity contribution in [3.05, 3.63) is 82.1 Å². The third-order valence-corrected chi connectivity index (χ3v) is 8.94. The normalized spacial score (nSPS) is 11.9. The average molecular weight is 641 g/mol. The largest absolute Gasteiger partial charge is 0.493 e. The summed E-state index contributed by atoms with van der Waals surface area (Å²) >= 11 is 12.8. The molecule has 3 aromatic carbocycles. The molecule has 13 heteroatoms. The third-order valence-electron chi connectivity index (χ3n) is 6.46. The smallest absolute Gasteiger partial charge is 0.264 e. The number of methoxy groups -OCH3 is 2. The number of sulfonamides is 1. The van der Waals surface area contributed by atoms with Gasteiger partial charge in [-0.2, -0.15) is 0 Å². The first kappa shape index (κ1) is 33.0. The average Bonchev–Trinajstić information content (AvgIpc) is 2.97. The maximum absolute atomic E-state index is 14.1. The van der Waals surface area contributed by atoms with E-state index in [0.29, 0.717) is 17.9 Å². The van der Waals surface area contributed by atoms with Gasteiger partial charge in [-0.3, -0.25) is 13.9 Å². The molecule has 1 N–H and O–H groups in total. The van der Waals surface area contributed by atoms with Gasteiger partial charge in [0.1, 0.15) is 18.4 Å². The van der Waals surface area contributed by atoms with Gasteiger partial charge in [-0.1, -0.05) is 36.2 Å². The molecule has 42 heavy (non-hydrogen) atoms. The lowest BCUT2D eigenvalue weighted by Crippen LogP contribution is -2.52. The van der Waals surface area contributed by atoms with Crippen molar-refractivity contribution in [2.45, 2.75) is 37.8 Å². The van der Waals surface area contributed by atoms with E-state index in [9.17, 15) is 22.4 Å². The number of ether oxygens (including phenoxy) is 2. The fraction of sp³-hybridized carbons (Fsp3) is 0.310. The number of hydrogen-bond donors (Lipinski definition) is 1. The zero-order chi connectivity index (χ0) is 31.0. The lowest BCUT2D eigenvalue weighted by Gasteiger charge is -2.33. The second-order valence-electron chi connectivity index (χ2n) is 9.05. The minimum Gasteiger partial charge on any atom is -0.493 e. The number of nitrogens with one attached hydrogen (secondary N) is 1. The van der Waals surface area contributed by atoms with Gasteiger partial charge in [-0.25, -0.2) is 12.8 Å². The monoisotopic (exact) mass is 639 g/mol. The molecular formula is C29H32Cl2FN3O6S. The van der Waals surface area contributed by atoms with Crippen LogP contribution in [0.15, 0.2) is 65.6 Å². The van der Waals surface area contributed by atoms with Crippen LogP contribution in [0.4, 0.5) is 10.1 Å². The molecule has 0 radical (unpaired) electrons. The molecule has 2 amide bonds. The number of nitrogens with zero attached hydrogens (tertiary/aromatic N) is 2. The molecule has 3 aromatic rings. The van der Waals surface area contributed by atoms with Crippen LogP contribution in [0.1, 0.15) is 25.8 Å². The van der Waals surface area contributed by atoms with Gasteiger partial charge in [0, 0.05) is 34.8 Å². The molecule has 1 atom stereocenters. The molecule has 0 aromatic heterocycles. The van der Waals surface area contributed by atoms with Gasteiger partial charge in [0.05, 0.1) is 24.8 Å². The highest BCUT2D eigenvalue weighted by Gasteiger charge is 2.34. The molecule has 3 rings (SSSR count). The lowest BCUT2D eigenvalue weighted by molar-refractivity contribution is -0.140. The van der Waals surface area contributed by atoms with Crippen LogP contribution in [-0.4, -0.2) is 58.5 Å². The van der Waals surface area contributed by atoms with Gasteiger partial charge >= 0.3 is 0 Å². The molecule has 0 heterocycles. The van der Waals surface area contributed by atoms with Crippen LogP contribution in [0.2, 0.25) is 10.0 Å². The molecule has 0 aliphatic heterocycles. The maximum Gasteiger partial charge on any atom is 0.264 e. The van der Waals surface area contributed by atoms with E-state index in [-0.39, 0.29) is 39.3 Å². The van der Waals surface area contributed by atoms with Crippen molar-refractivity contribution in [1.82, 2.24) is 10.2 Å². The topological polar surface area (TPSA) is 105 Å². The molecule has 0 aliphatic carbocycles. The molecule has 0 aliphatic rings. The Kier molecular flexibility index (Phi) is 11.4. The highest BCUT2D eigenvalue weighted by atomic mass is 35.5. The number of rotatable bonds is 13. The third kappa shape index (κ3) is 7.45. The number of hydrogen-bond acceptors (Lipinski definition) is 6. The van der Waals surface area contributed by atoms with Gasteiger partial charge in [0.25, 0.3) is 10.0 Å². The van der Waals surface area contributed by atoms with E-state index in [0.717, 1.165) is 16.4 Å². The first-order valence-electron chi connectivity index (χ1n) is 13.0. The molecule has 0 saturated carbocycles. The summed E-state index contributed by atoms with van der Waals surface area (Å²) in [6, 6.07) is 12.5. The maximum atomic E-state index is 14.1. The number of halogens is 3. The number of carbonyl (C=O) groups excluding carboxylic acids is 2. The van der Waals surface area contributed by atoms with Gasteiger partial charge < -0.3 is 19.7 Å². The van der Waals surface area contributed by atoms with Crippen LogP contribution in [0.5, 0.6) is 11.5 Å². The Hall–Kier alpha value is -3.54. The van der Waals surface area contributed by atoms with Crippen LogP contribution < -0.4 is 19.1 Å². The second-order valence-corrected chi connectivity index (χ2v) is 11.7. The van der Waals surface area contributed by atoms with E-state index in [1.807, 2.05) is 0 Å². The number of amides is 2. The summed E-state index contributed by atoms with van der Waals surface area (Å²) in [6.07, 6.45) is 0.221. The summed E-state index contributed by atoms with van der Waals surface area (Å²) in [5.74, 6) is -1.27. The summed E-state index contributed by atoms with van der Waals surface area (Å²) in [4.78, 5) is 28.2. The minimum absolute atomic E-state index is 0.0290. The molecule has 0 fully saturated rings. The Morgan fingerprint density at radius 3 is 2.12 bits per heavy atom. The number of benzene rings is 3. The quantitative estimate of drug-likeness (QED) is 0.273. The zero-order valence-electron chi connectivity index (χ0n) is 23.6. The van der Waals surface area contributed by atoms with Crippen LogP contribution >= 0.6 is 23.2 Å². The van der Waals surface area contributed by atoms with Gasteiger partial charge in [-0.05, 0) is 61.9 Å². The Morgan fingerprint density at radius 2 is 1.57 bits per heavy atom. The van der Waals surface area contributed by atoms with Crippen LogP contribution in [0.3, 0.4) is 0 Å². The number of anilines is 1. The summed E-state index contributed by atoms with van der Waals surface area (Å²) in [7, 11) is -1.66. The van der Waals surface area contributed by atoms with E-state index in [1.165, 1.54) is 49.5 Å². The Balaban J connectivity index is 2.13. The van der Waals surface area contributed by atoms with Crippen LogP contribution in [0, 0.1) is 5.82 Å². The fourth-order valence-corrected chi connectivity index (χ4v) is 6.25. The van der Waals surface area contributed by atoms with Gasteiger partial charge in [0.15, 0.2) is 11.5 Å². The Labute approximate surface area is 255 Å². The van der Waals surface area contributed by atoms with Gasteiger partial charge in [0.2, 0.25) is 11.8 Å². The van der Waals surface area contributed by atoms with Crippen molar-refractivity contribution in [3.63, 3.8) is 0 Å². The van der Waals surface area contributed by atoms with Crippen LogP contribution in [0.25, 0.3) is 0 Å². The molecule has 0 spiro atoms. The molecule has 226 valence electrons. The Bertz CT molecular complexity index is 1500.